The Kier molecular flexibility index (Phi) is 7.71. The second-order valence-electron chi connectivity index (χ2n) is 5.28. The van der Waals surface area contributed by atoms with Gasteiger partial charge in [0, 0.05) is 24.9 Å². The van der Waals surface area contributed by atoms with Crippen molar-refractivity contribution in [2.75, 3.05) is 20.1 Å². The number of nitrogens with one attached hydrogen (secondary N) is 2. The van der Waals surface area contributed by atoms with Crippen LogP contribution >= 0.6 is 12.4 Å². The highest BCUT2D eigenvalue weighted by atomic mass is 35.5. The van der Waals surface area contributed by atoms with Gasteiger partial charge in [0.2, 0.25) is 11.8 Å². The molecule has 0 aliphatic carbocycles. The van der Waals surface area contributed by atoms with Crippen LogP contribution in [-0.4, -0.2) is 42.8 Å². The molecular formula is C16H22ClN3O3. The molecule has 0 radical (unpaired) electrons. The van der Waals surface area contributed by atoms with E-state index < -0.39 is 0 Å². The van der Waals surface area contributed by atoms with Crippen LogP contribution in [0, 0.1) is 0 Å². The molecule has 1 aliphatic heterocycles. The molecular weight excluding hydrogens is 318 g/mol. The van der Waals surface area contributed by atoms with Gasteiger partial charge in [-0.25, -0.2) is 0 Å². The Labute approximate surface area is 142 Å². The molecule has 0 spiro atoms. The number of carbonyl (C=O) groups excluding carboxylic acids is 3. The Morgan fingerprint density at radius 3 is 2.26 bits per heavy atom. The number of nitrogens with zero attached hydrogens (tertiary/aromatic N) is 1. The lowest BCUT2D eigenvalue weighted by molar-refractivity contribution is -0.139. The van der Waals surface area contributed by atoms with Crippen LogP contribution in [-0.2, 0) is 16.1 Å². The summed E-state index contributed by atoms with van der Waals surface area (Å²) in [4.78, 5) is 36.3. The Morgan fingerprint density at radius 1 is 1.09 bits per heavy atom. The van der Waals surface area contributed by atoms with Gasteiger partial charge in [-0.1, -0.05) is 12.1 Å². The Hall–Kier alpha value is -1.92. The highest BCUT2D eigenvalue weighted by Gasteiger charge is 2.28. The molecule has 1 aliphatic rings. The predicted octanol–water partition coefficient (Wildman–Crippen LogP) is 1.10. The number of halogens is 1. The van der Waals surface area contributed by atoms with Crippen molar-refractivity contribution in [1.29, 1.82) is 0 Å². The van der Waals surface area contributed by atoms with Gasteiger partial charge in [0.1, 0.15) is 0 Å². The van der Waals surface area contributed by atoms with E-state index in [1.165, 1.54) is 4.90 Å². The topological polar surface area (TPSA) is 78.5 Å². The number of likely N-dealkylation sites (tertiary alicyclic amines) is 1. The first-order chi connectivity index (χ1) is 10.6. The first kappa shape index (κ1) is 19.1. The van der Waals surface area contributed by atoms with Crippen molar-refractivity contribution in [1.82, 2.24) is 15.5 Å². The number of hydrogen-bond donors (Lipinski definition) is 2. The molecule has 1 aromatic carbocycles. The summed E-state index contributed by atoms with van der Waals surface area (Å²) in [6.07, 6.45) is 1.47. The average molecular weight is 340 g/mol. The number of imide groups is 1. The molecule has 3 amide bonds. The molecule has 126 valence electrons. The van der Waals surface area contributed by atoms with Crippen molar-refractivity contribution in [3.63, 3.8) is 0 Å². The van der Waals surface area contributed by atoms with Gasteiger partial charge >= 0.3 is 0 Å². The van der Waals surface area contributed by atoms with Crippen LogP contribution in [0.25, 0.3) is 0 Å². The molecule has 2 rings (SSSR count). The van der Waals surface area contributed by atoms with E-state index in [-0.39, 0.29) is 36.7 Å². The van der Waals surface area contributed by atoms with E-state index in [2.05, 4.69) is 10.6 Å². The molecule has 23 heavy (non-hydrogen) atoms. The molecule has 0 aromatic heterocycles. The van der Waals surface area contributed by atoms with E-state index in [0.717, 1.165) is 18.5 Å². The summed E-state index contributed by atoms with van der Waals surface area (Å²) in [5.41, 5.74) is 1.42. The molecule has 1 saturated heterocycles. The van der Waals surface area contributed by atoms with Crippen LogP contribution in [0.1, 0.15) is 35.2 Å². The van der Waals surface area contributed by atoms with E-state index in [0.29, 0.717) is 24.9 Å². The van der Waals surface area contributed by atoms with Gasteiger partial charge in [-0.05, 0) is 37.7 Å². The van der Waals surface area contributed by atoms with Crippen LogP contribution in [0.3, 0.4) is 0 Å². The zero-order valence-electron chi connectivity index (χ0n) is 13.1. The quantitative estimate of drug-likeness (QED) is 0.576. The minimum atomic E-state index is -0.128. The molecule has 2 N–H and O–H groups in total. The van der Waals surface area contributed by atoms with Crippen molar-refractivity contribution >= 4 is 30.1 Å². The predicted molar refractivity (Wildman–Crippen MR) is 89.4 cm³/mol. The number of rotatable bonds is 7. The van der Waals surface area contributed by atoms with Gasteiger partial charge in [0.25, 0.3) is 5.91 Å². The van der Waals surface area contributed by atoms with E-state index in [1.807, 2.05) is 7.05 Å². The molecule has 0 bridgehead atoms. The Morgan fingerprint density at radius 2 is 1.70 bits per heavy atom. The Bertz CT molecular complexity index is 544. The number of carbonyl (C=O) groups is 3. The second kappa shape index (κ2) is 9.27. The molecule has 6 nitrogen and oxygen atoms in total. The fraction of sp³-hybridized carbons (Fsp3) is 0.438. The van der Waals surface area contributed by atoms with Crippen molar-refractivity contribution in [2.24, 2.45) is 0 Å². The van der Waals surface area contributed by atoms with Gasteiger partial charge in [0.05, 0.1) is 6.54 Å². The first-order valence-corrected chi connectivity index (χ1v) is 7.46. The summed E-state index contributed by atoms with van der Waals surface area (Å²) in [6, 6.07) is 6.99. The minimum Gasteiger partial charge on any atom is -0.352 e. The van der Waals surface area contributed by atoms with Gasteiger partial charge in [-0.3, -0.25) is 19.3 Å². The highest BCUT2D eigenvalue weighted by Crippen LogP contribution is 2.16. The van der Waals surface area contributed by atoms with Crippen LogP contribution < -0.4 is 10.6 Å². The number of hydrogen-bond acceptors (Lipinski definition) is 4. The lowest BCUT2D eigenvalue weighted by Crippen LogP contribution is -2.28. The molecule has 0 unspecified atom stereocenters. The van der Waals surface area contributed by atoms with Crippen molar-refractivity contribution in [3.8, 4) is 0 Å². The summed E-state index contributed by atoms with van der Waals surface area (Å²) in [7, 11) is 1.87. The van der Waals surface area contributed by atoms with Gasteiger partial charge in [-0.2, -0.15) is 0 Å². The van der Waals surface area contributed by atoms with Crippen molar-refractivity contribution < 1.29 is 14.4 Å². The van der Waals surface area contributed by atoms with E-state index in [1.54, 1.807) is 24.3 Å². The normalized spacial score (nSPS) is 13.9. The lowest BCUT2D eigenvalue weighted by atomic mass is 10.1. The fourth-order valence-corrected chi connectivity index (χ4v) is 2.31. The second-order valence-corrected chi connectivity index (χ2v) is 5.28. The maximum absolute atomic E-state index is 11.9. The molecule has 0 saturated carbocycles. The first-order valence-electron chi connectivity index (χ1n) is 7.46. The van der Waals surface area contributed by atoms with Gasteiger partial charge in [0.15, 0.2) is 0 Å². The Balaban J connectivity index is 0.00000264. The molecule has 0 atom stereocenters. The number of benzene rings is 1. The summed E-state index contributed by atoms with van der Waals surface area (Å²) in [6.45, 7) is 1.76. The van der Waals surface area contributed by atoms with E-state index in [4.69, 9.17) is 0 Å². The molecule has 1 fully saturated rings. The third-order valence-corrected chi connectivity index (χ3v) is 3.60. The lowest BCUT2D eigenvalue weighted by Gasteiger charge is -2.14. The molecule has 1 heterocycles. The van der Waals surface area contributed by atoms with Crippen LogP contribution in [0.15, 0.2) is 24.3 Å². The maximum atomic E-state index is 11.9. The highest BCUT2D eigenvalue weighted by molar-refractivity contribution is 6.01. The van der Waals surface area contributed by atoms with Crippen LogP contribution in [0.5, 0.6) is 0 Å². The largest absolute Gasteiger partial charge is 0.352 e. The third-order valence-electron chi connectivity index (χ3n) is 3.60. The van der Waals surface area contributed by atoms with Crippen LogP contribution in [0.2, 0.25) is 0 Å². The van der Waals surface area contributed by atoms with E-state index >= 15 is 0 Å². The molecule has 7 heteroatoms. The van der Waals surface area contributed by atoms with E-state index in [9.17, 15) is 14.4 Å². The summed E-state index contributed by atoms with van der Waals surface area (Å²) in [5.74, 6) is -0.372. The summed E-state index contributed by atoms with van der Waals surface area (Å²) < 4.78 is 0. The monoisotopic (exact) mass is 339 g/mol. The summed E-state index contributed by atoms with van der Waals surface area (Å²) >= 11 is 0. The third kappa shape index (κ3) is 5.33. The fourth-order valence-electron chi connectivity index (χ4n) is 2.31. The number of amides is 3. The van der Waals surface area contributed by atoms with Gasteiger partial charge in [-0.15, -0.1) is 12.4 Å². The molecule has 1 aromatic rings. The minimum absolute atomic E-state index is 0. The average Bonchev–Trinajstić information content (AvgIpc) is 2.84. The van der Waals surface area contributed by atoms with Crippen LogP contribution in [0.4, 0.5) is 0 Å². The zero-order chi connectivity index (χ0) is 15.9. The SMILES string of the molecule is CNCCCNC(=O)c1ccc(CN2C(=O)CCC2=O)cc1.Cl. The smallest absolute Gasteiger partial charge is 0.251 e. The standard InChI is InChI=1S/C16H21N3O3.ClH/c1-17-9-2-10-18-16(22)13-5-3-12(4-6-13)11-19-14(20)7-8-15(19)21;/h3-6,17H,2,7-11H2,1H3,(H,18,22);1H. The zero-order valence-corrected chi connectivity index (χ0v) is 13.9. The maximum Gasteiger partial charge on any atom is 0.251 e. The van der Waals surface area contributed by atoms with Crippen molar-refractivity contribution in [3.05, 3.63) is 35.4 Å². The summed E-state index contributed by atoms with van der Waals surface area (Å²) in [5, 5.41) is 5.86. The van der Waals surface area contributed by atoms with Gasteiger partial charge < -0.3 is 10.6 Å². The van der Waals surface area contributed by atoms with Crippen molar-refractivity contribution in [2.45, 2.75) is 25.8 Å².